The van der Waals surface area contributed by atoms with Gasteiger partial charge in [-0.15, -0.1) is 0 Å². The Bertz CT molecular complexity index is 861. The molecule has 3 rings (SSSR count). The van der Waals surface area contributed by atoms with E-state index < -0.39 is 23.8 Å². The van der Waals surface area contributed by atoms with E-state index in [0.717, 1.165) is 37.0 Å². The summed E-state index contributed by atoms with van der Waals surface area (Å²) in [5.41, 5.74) is 1.15. The Kier molecular flexibility index (Phi) is 8.57. The Hall–Kier alpha value is -2.61. The third-order valence-corrected chi connectivity index (χ3v) is 6.71. The number of esters is 1. The monoisotopic (exact) mass is 474 g/mol. The van der Waals surface area contributed by atoms with Crippen molar-refractivity contribution in [3.63, 3.8) is 0 Å². The van der Waals surface area contributed by atoms with Crippen LogP contribution in [0.15, 0.2) is 24.3 Å². The number of carbonyl (C=O) groups excluding carboxylic acids is 3. The molecular weight excluding hydrogens is 436 g/mol. The highest BCUT2D eigenvalue weighted by molar-refractivity contribution is 5.88. The van der Waals surface area contributed by atoms with Crippen LogP contribution >= 0.6 is 0 Å². The Morgan fingerprint density at radius 1 is 1.21 bits per heavy atom. The Labute approximate surface area is 202 Å². The van der Waals surface area contributed by atoms with Gasteiger partial charge in [0.05, 0.1) is 12.5 Å². The third kappa shape index (κ3) is 6.50. The highest BCUT2D eigenvalue weighted by atomic mass is 16.8. The van der Waals surface area contributed by atoms with Crippen LogP contribution in [0.25, 0.3) is 0 Å². The van der Waals surface area contributed by atoms with Crippen molar-refractivity contribution in [2.24, 2.45) is 5.92 Å². The van der Waals surface area contributed by atoms with E-state index in [2.05, 4.69) is 0 Å². The maximum atomic E-state index is 13.6. The maximum absolute atomic E-state index is 13.6. The Morgan fingerprint density at radius 2 is 1.85 bits per heavy atom. The fourth-order valence-corrected chi connectivity index (χ4v) is 4.74. The van der Waals surface area contributed by atoms with Crippen molar-refractivity contribution in [2.45, 2.75) is 77.7 Å². The normalized spacial score (nSPS) is 21.1. The van der Waals surface area contributed by atoms with E-state index in [0.29, 0.717) is 26.1 Å². The first-order chi connectivity index (χ1) is 16.1. The van der Waals surface area contributed by atoms with Crippen LogP contribution in [0.4, 0.5) is 0 Å². The van der Waals surface area contributed by atoms with E-state index in [1.807, 2.05) is 36.1 Å². The molecule has 0 spiro atoms. The van der Waals surface area contributed by atoms with Crippen LogP contribution in [0.5, 0.6) is 5.75 Å². The molecule has 0 N–H and O–H groups in total. The van der Waals surface area contributed by atoms with Gasteiger partial charge in [-0.3, -0.25) is 9.59 Å². The summed E-state index contributed by atoms with van der Waals surface area (Å²) in [5, 5.41) is 0. The largest absolute Gasteiger partial charge is 0.494 e. The van der Waals surface area contributed by atoms with Crippen LogP contribution in [0.3, 0.4) is 0 Å². The molecule has 8 heteroatoms. The van der Waals surface area contributed by atoms with Crippen LogP contribution in [-0.4, -0.2) is 72.3 Å². The minimum absolute atomic E-state index is 0.0290. The molecule has 2 aliphatic heterocycles. The SMILES string of the molecule is CCOc1ccc(CCC[C@@H](C(=O)N2CCC(N(C)C(C)=O)CC2)[C@@H]2OC(C)(C)OC2=O)cc1. The minimum atomic E-state index is -1.04. The van der Waals surface area contributed by atoms with Crippen molar-refractivity contribution in [3.8, 4) is 5.75 Å². The molecule has 1 aromatic carbocycles. The quantitative estimate of drug-likeness (QED) is 0.511. The number of nitrogens with zero attached hydrogens (tertiary/aromatic N) is 2. The molecule has 188 valence electrons. The molecule has 0 radical (unpaired) electrons. The topological polar surface area (TPSA) is 85.4 Å². The second kappa shape index (κ2) is 11.2. The number of rotatable bonds is 9. The first kappa shape index (κ1) is 26.0. The zero-order valence-electron chi connectivity index (χ0n) is 21.0. The van der Waals surface area contributed by atoms with E-state index in [1.54, 1.807) is 32.7 Å². The maximum Gasteiger partial charge on any atom is 0.338 e. The molecule has 0 bridgehead atoms. The van der Waals surface area contributed by atoms with Gasteiger partial charge in [0.2, 0.25) is 17.6 Å². The summed E-state index contributed by atoms with van der Waals surface area (Å²) in [5.74, 6) is -1.32. The lowest BCUT2D eigenvalue weighted by Crippen LogP contribution is -2.50. The van der Waals surface area contributed by atoms with Crippen LogP contribution < -0.4 is 4.74 Å². The third-order valence-electron chi connectivity index (χ3n) is 6.71. The lowest BCUT2D eigenvalue weighted by Gasteiger charge is -2.38. The summed E-state index contributed by atoms with van der Waals surface area (Å²) in [6.07, 6.45) is 2.59. The predicted molar refractivity (Wildman–Crippen MR) is 127 cm³/mol. The van der Waals surface area contributed by atoms with Gasteiger partial charge in [-0.2, -0.15) is 0 Å². The fraction of sp³-hybridized carbons (Fsp3) is 0.654. The highest BCUT2D eigenvalue weighted by Gasteiger charge is 2.48. The van der Waals surface area contributed by atoms with Gasteiger partial charge in [-0.1, -0.05) is 12.1 Å². The second-order valence-electron chi connectivity index (χ2n) is 9.62. The highest BCUT2D eigenvalue weighted by Crippen LogP contribution is 2.32. The molecule has 0 aromatic heterocycles. The average Bonchev–Trinajstić information content (AvgIpc) is 3.08. The summed E-state index contributed by atoms with van der Waals surface area (Å²) in [6.45, 7) is 8.63. The van der Waals surface area contributed by atoms with Gasteiger partial charge in [-0.05, 0) is 56.7 Å². The number of hydrogen-bond acceptors (Lipinski definition) is 6. The Morgan fingerprint density at radius 3 is 2.38 bits per heavy atom. The van der Waals surface area contributed by atoms with Gasteiger partial charge >= 0.3 is 5.97 Å². The standard InChI is InChI=1S/C26H38N2O6/c1-6-32-21-12-10-19(11-13-21)8-7-9-22(23-25(31)34-26(3,4)33-23)24(30)28-16-14-20(15-17-28)27(5)18(2)29/h10-13,20,22-23H,6-9,14-17H2,1-5H3/t22-,23+/m1/s1. The summed E-state index contributed by atoms with van der Waals surface area (Å²) in [4.78, 5) is 41.4. The first-order valence-electron chi connectivity index (χ1n) is 12.3. The molecule has 2 saturated heterocycles. The number of cyclic esters (lactones) is 1. The summed E-state index contributed by atoms with van der Waals surface area (Å²) < 4.78 is 16.7. The average molecular weight is 475 g/mol. The molecule has 8 nitrogen and oxygen atoms in total. The van der Waals surface area contributed by atoms with Crippen molar-refractivity contribution in [2.75, 3.05) is 26.7 Å². The van der Waals surface area contributed by atoms with Crippen LogP contribution in [0.2, 0.25) is 0 Å². The summed E-state index contributed by atoms with van der Waals surface area (Å²) in [7, 11) is 1.80. The molecular formula is C26H38N2O6. The van der Waals surface area contributed by atoms with Gasteiger partial charge in [0.25, 0.3) is 0 Å². The van der Waals surface area contributed by atoms with Crippen molar-refractivity contribution in [1.29, 1.82) is 0 Å². The van der Waals surface area contributed by atoms with Crippen molar-refractivity contribution in [3.05, 3.63) is 29.8 Å². The number of ether oxygens (including phenoxy) is 3. The van der Waals surface area contributed by atoms with Gasteiger partial charge in [0, 0.05) is 47.0 Å². The van der Waals surface area contributed by atoms with Crippen molar-refractivity contribution < 1.29 is 28.6 Å². The number of likely N-dealkylation sites (tertiary alicyclic amines) is 1. The van der Waals surface area contributed by atoms with Gasteiger partial charge < -0.3 is 24.0 Å². The number of amides is 2. The van der Waals surface area contributed by atoms with E-state index >= 15 is 0 Å². The molecule has 2 aliphatic rings. The van der Waals surface area contributed by atoms with E-state index in [1.165, 1.54) is 0 Å². The number of aryl methyl sites for hydroxylation is 1. The molecule has 34 heavy (non-hydrogen) atoms. The van der Waals surface area contributed by atoms with Crippen LogP contribution in [-0.2, 0) is 30.3 Å². The summed E-state index contributed by atoms with van der Waals surface area (Å²) >= 11 is 0. The van der Waals surface area contributed by atoms with E-state index in [-0.39, 0.29) is 17.9 Å². The van der Waals surface area contributed by atoms with E-state index in [4.69, 9.17) is 14.2 Å². The van der Waals surface area contributed by atoms with Gasteiger partial charge in [0.15, 0.2) is 6.10 Å². The van der Waals surface area contributed by atoms with Gasteiger partial charge in [-0.25, -0.2) is 4.79 Å². The zero-order chi connectivity index (χ0) is 24.9. The molecule has 2 atom stereocenters. The lowest BCUT2D eigenvalue weighted by atomic mass is 9.91. The number of benzene rings is 1. The minimum Gasteiger partial charge on any atom is -0.494 e. The number of hydrogen-bond donors (Lipinski definition) is 0. The molecule has 2 amide bonds. The lowest BCUT2D eigenvalue weighted by molar-refractivity contribution is -0.163. The fourth-order valence-electron chi connectivity index (χ4n) is 4.74. The molecule has 0 aliphatic carbocycles. The molecule has 1 aromatic rings. The summed E-state index contributed by atoms with van der Waals surface area (Å²) in [6, 6.07) is 8.09. The van der Waals surface area contributed by atoms with Gasteiger partial charge in [0.1, 0.15) is 5.75 Å². The van der Waals surface area contributed by atoms with Crippen LogP contribution in [0.1, 0.15) is 58.9 Å². The molecule has 2 heterocycles. The predicted octanol–water partition coefficient (Wildman–Crippen LogP) is 3.17. The van der Waals surface area contributed by atoms with Crippen LogP contribution in [0, 0.1) is 5.92 Å². The first-order valence-corrected chi connectivity index (χ1v) is 12.3. The number of carbonyl (C=O) groups is 3. The van der Waals surface area contributed by atoms with E-state index in [9.17, 15) is 14.4 Å². The molecule has 0 unspecified atom stereocenters. The Balaban J connectivity index is 1.64. The van der Waals surface area contributed by atoms with Crippen molar-refractivity contribution >= 4 is 17.8 Å². The second-order valence-corrected chi connectivity index (χ2v) is 9.62. The number of piperidine rings is 1. The molecule has 0 saturated carbocycles. The molecule has 2 fully saturated rings. The zero-order valence-corrected chi connectivity index (χ0v) is 21.0. The van der Waals surface area contributed by atoms with Crippen molar-refractivity contribution in [1.82, 2.24) is 9.80 Å². The smallest absolute Gasteiger partial charge is 0.338 e.